The number of methoxy groups -OCH3 is 2. The summed E-state index contributed by atoms with van der Waals surface area (Å²) in [6.07, 6.45) is 0.724. The number of nitrogens with zero attached hydrogens (tertiary/aromatic N) is 1. The van der Waals surface area contributed by atoms with E-state index in [1.807, 2.05) is 71.6 Å². The summed E-state index contributed by atoms with van der Waals surface area (Å²) in [6, 6.07) is 20.6. The van der Waals surface area contributed by atoms with Crippen LogP contribution in [-0.4, -0.2) is 36.7 Å². The minimum Gasteiger partial charge on any atom is -0.497 e. The molecular weight excluding hydrogens is 438 g/mol. The largest absolute Gasteiger partial charge is 0.497 e. The van der Waals surface area contributed by atoms with E-state index in [1.165, 1.54) is 5.56 Å². The maximum Gasteiger partial charge on any atom is 0.322 e. The Balaban J connectivity index is 1.58. The third kappa shape index (κ3) is 3.87. The molecule has 0 radical (unpaired) electrons. The summed E-state index contributed by atoms with van der Waals surface area (Å²) in [7, 11) is 3.23. The first-order chi connectivity index (χ1) is 16.1. The molecule has 1 unspecified atom stereocenters. The van der Waals surface area contributed by atoms with Gasteiger partial charge in [0.1, 0.15) is 11.5 Å². The molecule has 7 heteroatoms. The molecule has 1 aliphatic rings. The highest BCUT2D eigenvalue weighted by Crippen LogP contribution is 2.40. The monoisotopic (exact) mass is 461 g/mol. The van der Waals surface area contributed by atoms with E-state index in [-0.39, 0.29) is 12.1 Å². The fourth-order valence-electron chi connectivity index (χ4n) is 4.55. The molecular formula is C26H24ClN3O3. The van der Waals surface area contributed by atoms with Crippen molar-refractivity contribution in [3.8, 4) is 11.5 Å². The molecule has 2 amide bonds. The molecule has 0 saturated heterocycles. The van der Waals surface area contributed by atoms with Crippen molar-refractivity contribution in [3.05, 3.63) is 88.6 Å². The number of H-pyrrole nitrogens is 1. The van der Waals surface area contributed by atoms with Gasteiger partial charge in [0.2, 0.25) is 0 Å². The zero-order chi connectivity index (χ0) is 22.9. The Labute approximate surface area is 197 Å². The average molecular weight is 462 g/mol. The van der Waals surface area contributed by atoms with E-state index in [0.717, 1.165) is 34.3 Å². The highest BCUT2D eigenvalue weighted by molar-refractivity contribution is 6.31. The summed E-state index contributed by atoms with van der Waals surface area (Å²) >= 11 is 6.29. The van der Waals surface area contributed by atoms with Crippen LogP contribution in [0.15, 0.2) is 66.7 Å². The molecule has 6 nitrogen and oxygen atoms in total. The SMILES string of the molecule is COc1ccc(C2c3[nH]c4ccc(Cl)cc4c3CCN2C(=O)Nc2ccccc2OC)cc1. The third-order valence-electron chi connectivity index (χ3n) is 6.13. The summed E-state index contributed by atoms with van der Waals surface area (Å²) in [5.41, 5.74) is 4.82. The number of anilines is 1. The van der Waals surface area contributed by atoms with Crippen LogP contribution in [0.1, 0.15) is 22.9 Å². The number of rotatable bonds is 4. The van der Waals surface area contributed by atoms with Gasteiger partial charge in [-0.15, -0.1) is 0 Å². The molecule has 0 fully saturated rings. The van der Waals surface area contributed by atoms with Crippen LogP contribution < -0.4 is 14.8 Å². The number of halogens is 1. The number of ether oxygens (including phenoxy) is 2. The number of urea groups is 1. The van der Waals surface area contributed by atoms with Crippen molar-refractivity contribution in [1.82, 2.24) is 9.88 Å². The first-order valence-corrected chi connectivity index (χ1v) is 11.1. The Morgan fingerprint density at radius 3 is 2.61 bits per heavy atom. The molecule has 1 aromatic heterocycles. The van der Waals surface area contributed by atoms with Crippen LogP contribution in [0.5, 0.6) is 11.5 Å². The zero-order valence-corrected chi connectivity index (χ0v) is 19.1. The average Bonchev–Trinajstić information content (AvgIpc) is 3.21. The number of nitrogens with one attached hydrogen (secondary N) is 2. The van der Waals surface area contributed by atoms with Gasteiger partial charge in [-0.3, -0.25) is 0 Å². The smallest absolute Gasteiger partial charge is 0.322 e. The Hall–Kier alpha value is -3.64. The van der Waals surface area contributed by atoms with E-state index in [9.17, 15) is 4.79 Å². The van der Waals surface area contributed by atoms with Crippen molar-refractivity contribution in [1.29, 1.82) is 0 Å². The molecule has 3 aromatic carbocycles. The van der Waals surface area contributed by atoms with Crippen LogP contribution in [0.3, 0.4) is 0 Å². The van der Waals surface area contributed by atoms with Crippen LogP contribution in [0, 0.1) is 0 Å². The van der Waals surface area contributed by atoms with E-state index in [4.69, 9.17) is 21.1 Å². The van der Waals surface area contributed by atoms with Gasteiger partial charge in [-0.1, -0.05) is 35.9 Å². The second-order valence-corrected chi connectivity index (χ2v) is 8.39. The van der Waals surface area contributed by atoms with Gasteiger partial charge in [0.15, 0.2) is 0 Å². The first-order valence-electron chi connectivity index (χ1n) is 10.7. The highest BCUT2D eigenvalue weighted by Gasteiger charge is 2.35. The summed E-state index contributed by atoms with van der Waals surface area (Å²) in [4.78, 5) is 18.9. The number of amides is 2. The molecule has 0 spiro atoms. The van der Waals surface area contributed by atoms with Gasteiger partial charge in [-0.2, -0.15) is 0 Å². The number of hydrogen-bond donors (Lipinski definition) is 2. The van der Waals surface area contributed by atoms with Gasteiger partial charge in [-0.05, 0) is 60.0 Å². The maximum absolute atomic E-state index is 13.5. The van der Waals surface area contributed by atoms with Gasteiger partial charge in [-0.25, -0.2) is 4.79 Å². The van der Waals surface area contributed by atoms with Crippen LogP contribution in [0.25, 0.3) is 10.9 Å². The minimum atomic E-state index is -0.291. The molecule has 168 valence electrons. The van der Waals surface area contributed by atoms with Crippen molar-refractivity contribution < 1.29 is 14.3 Å². The minimum absolute atomic E-state index is 0.192. The molecule has 1 aliphatic heterocycles. The van der Waals surface area contributed by atoms with E-state index in [1.54, 1.807) is 14.2 Å². The lowest BCUT2D eigenvalue weighted by molar-refractivity contribution is 0.193. The lowest BCUT2D eigenvalue weighted by atomic mass is 9.92. The standard InChI is InChI=1S/C26H24ClN3O3/c1-32-18-10-7-16(8-11-18)25-24-19(20-15-17(27)9-12-21(20)28-24)13-14-30(25)26(31)29-22-5-3-4-6-23(22)33-2/h3-12,15,25,28H,13-14H2,1-2H3,(H,29,31). The second-order valence-electron chi connectivity index (χ2n) is 7.96. The molecule has 4 aromatic rings. The number of aromatic amines is 1. The Kier molecular flexibility index (Phi) is 5.60. The number of fused-ring (bicyclic) bond motifs is 3. The van der Waals surface area contributed by atoms with E-state index < -0.39 is 0 Å². The van der Waals surface area contributed by atoms with Gasteiger partial charge in [0.25, 0.3) is 0 Å². The number of para-hydroxylation sites is 2. The van der Waals surface area contributed by atoms with Crippen molar-refractivity contribution in [3.63, 3.8) is 0 Å². The Morgan fingerprint density at radius 2 is 1.85 bits per heavy atom. The second kappa shape index (κ2) is 8.71. The maximum atomic E-state index is 13.5. The molecule has 5 rings (SSSR count). The Morgan fingerprint density at radius 1 is 1.06 bits per heavy atom. The predicted octanol–water partition coefficient (Wildman–Crippen LogP) is 6.02. The van der Waals surface area contributed by atoms with Gasteiger partial charge in [0.05, 0.1) is 25.9 Å². The first kappa shape index (κ1) is 21.2. The highest BCUT2D eigenvalue weighted by atomic mass is 35.5. The number of benzene rings is 3. The number of aromatic nitrogens is 1. The Bertz CT molecular complexity index is 1320. The molecule has 0 bridgehead atoms. The van der Waals surface area contributed by atoms with Crippen LogP contribution in [0.4, 0.5) is 10.5 Å². The van der Waals surface area contributed by atoms with Crippen molar-refractivity contribution in [2.24, 2.45) is 0 Å². The molecule has 0 saturated carbocycles. The van der Waals surface area contributed by atoms with Gasteiger partial charge >= 0.3 is 6.03 Å². The number of carbonyl (C=O) groups is 1. The van der Waals surface area contributed by atoms with E-state index >= 15 is 0 Å². The molecule has 0 aliphatic carbocycles. The summed E-state index contributed by atoms with van der Waals surface area (Å²) in [6.45, 7) is 0.560. The van der Waals surface area contributed by atoms with Gasteiger partial charge < -0.3 is 24.7 Å². The summed E-state index contributed by atoms with van der Waals surface area (Å²) in [5, 5.41) is 4.82. The summed E-state index contributed by atoms with van der Waals surface area (Å²) < 4.78 is 10.7. The van der Waals surface area contributed by atoms with Crippen LogP contribution >= 0.6 is 11.6 Å². The number of hydrogen-bond acceptors (Lipinski definition) is 3. The lowest BCUT2D eigenvalue weighted by Crippen LogP contribution is -2.43. The quantitative estimate of drug-likeness (QED) is 0.390. The predicted molar refractivity (Wildman–Crippen MR) is 131 cm³/mol. The lowest BCUT2D eigenvalue weighted by Gasteiger charge is -2.36. The zero-order valence-electron chi connectivity index (χ0n) is 18.4. The van der Waals surface area contributed by atoms with E-state index in [2.05, 4.69) is 10.3 Å². The van der Waals surface area contributed by atoms with Crippen molar-refractivity contribution in [2.45, 2.75) is 12.5 Å². The fourth-order valence-corrected chi connectivity index (χ4v) is 4.72. The van der Waals surface area contributed by atoms with Crippen LogP contribution in [0.2, 0.25) is 5.02 Å². The van der Waals surface area contributed by atoms with Crippen molar-refractivity contribution >= 4 is 34.2 Å². The molecule has 2 heterocycles. The third-order valence-corrected chi connectivity index (χ3v) is 6.37. The molecule has 2 N–H and O–H groups in total. The van der Waals surface area contributed by atoms with Crippen LogP contribution in [-0.2, 0) is 6.42 Å². The molecule has 1 atom stereocenters. The topological polar surface area (TPSA) is 66.6 Å². The van der Waals surface area contributed by atoms with E-state index in [0.29, 0.717) is 23.0 Å². The van der Waals surface area contributed by atoms with Crippen molar-refractivity contribution in [2.75, 3.05) is 26.1 Å². The van der Waals surface area contributed by atoms with Gasteiger partial charge in [0, 0.05) is 28.2 Å². The summed E-state index contributed by atoms with van der Waals surface area (Å²) in [5.74, 6) is 1.38. The fraction of sp³-hybridized carbons (Fsp3) is 0.192. The molecule has 33 heavy (non-hydrogen) atoms. The normalized spacial score (nSPS) is 15.2. The number of carbonyl (C=O) groups excluding carboxylic acids is 1.